The van der Waals surface area contributed by atoms with E-state index in [0.29, 0.717) is 17.5 Å². The summed E-state index contributed by atoms with van der Waals surface area (Å²) in [5.74, 6) is -1.76. The highest BCUT2D eigenvalue weighted by Gasteiger charge is 2.25. The summed E-state index contributed by atoms with van der Waals surface area (Å²) in [5.41, 5.74) is 0.0273. The van der Waals surface area contributed by atoms with E-state index in [1.54, 1.807) is 60.7 Å². The Kier molecular flexibility index (Phi) is 13.8. The molecule has 0 aliphatic heterocycles. The second-order valence-electron chi connectivity index (χ2n) is 6.94. The first-order valence-corrected chi connectivity index (χ1v) is 10.2. The van der Waals surface area contributed by atoms with Gasteiger partial charge in [0.25, 0.3) is 0 Å². The molecule has 166 valence electrons. The molecule has 0 saturated heterocycles. The Morgan fingerprint density at radius 2 is 1.23 bits per heavy atom. The Hall–Kier alpha value is -2.70. The summed E-state index contributed by atoms with van der Waals surface area (Å²) in [4.78, 5) is 20.4. The highest BCUT2D eigenvalue weighted by Crippen LogP contribution is 2.23. The van der Waals surface area contributed by atoms with Gasteiger partial charge < -0.3 is 20.4 Å². The minimum Gasteiger partial charge on any atom is -0.478 e. The quantitative estimate of drug-likeness (QED) is 0.487. The topological polar surface area (TPSA) is 115 Å². The molecule has 4 N–H and O–H groups in total. The van der Waals surface area contributed by atoms with Crippen LogP contribution in [0, 0.1) is 0 Å². The molecule has 6 nitrogen and oxygen atoms in total. The van der Waals surface area contributed by atoms with E-state index in [1.807, 2.05) is 13.8 Å². The fourth-order valence-electron chi connectivity index (χ4n) is 2.63. The van der Waals surface area contributed by atoms with Crippen molar-refractivity contribution >= 4 is 11.9 Å². The molecule has 0 aromatic heterocycles. The van der Waals surface area contributed by atoms with Crippen molar-refractivity contribution in [3.05, 3.63) is 71.8 Å². The first kappa shape index (κ1) is 27.3. The average molecular weight is 419 g/mol. The minimum absolute atomic E-state index is 0.331. The maximum Gasteiger partial charge on any atom is 0.335 e. The van der Waals surface area contributed by atoms with Gasteiger partial charge in [-0.15, -0.1) is 0 Å². The van der Waals surface area contributed by atoms with E-state index in [9.17, 15) is 19.8 Å². The first-order chi connectivity index (χ1) is 14.2. The summed E-state index contributed by atoms with van der Waals surface area (Å²) < 4.78 is 0. The number of hydrogen-bond donors (Lipinski definition) is 4. The molecule has 2 atom stereocenters. The zero-order chi connectivity index (χ0) is 23.0. The lowest BCUT2D eigenvalue weighted by Crippen LogP contribution is -2.32. The van der Waals surface area contributed by atoms with Crippen LogP contribution in [0.3, 0.4) is 0 Å². The van der Waals surface area contributed by atoms with Crippen molar-refractivity contribution in [3.63, 3.8) is 0 Å². The van der Waals surface area contributed by atoms with Crippen molar-refractivity contribution in [2.24, 2.45) is 0 Å². The predicted octanol–water partition coefficient (Wildman–Crippen LogP) is 4.86. The summed E-state index contributed by atoms with van der Waals surface area (Å²) in [5, 5.41) is 36.1. The molecule has 0 aliphatic carbocycles. The van der Waals surface area contributed by atoms with E-state index < -0.39 is 17.5 Å². The van der Waals surface area contributed by atoms with Gasteiger partial charge in [0.15, 0.2) is 0 Å². The van der Waals surface area contributed by atoms with Gasteiger partial charge in [-0.25, -0.2) is 9.59 Å². The Bertz CT molecular complexity index is 667. The number of aliphatic hydroxyl groups is 2. The smallest absolute Gasteiger partial charge is 0.335 e. The van der Waals surface area contributed by atoms with Crippen LogP contribution in [0.25, 0.3) is 0 Å². The van der Waals surface area contributed by atoms with Crippen LogP contribution < -0.4 is 0 Å². The van der Waals surface area contributed by atoms with E-state index in [-0.39, 0.29) is 6.10 Å². The van der Waals surface area contributed by atoms with Gasteiger partial charge in [-0.05, 0) is 43.5 Å². The van der Waals surface area contributed by atoms with Crippen LogP contribution in [0.4, 0.5) is 0 Å². The SMILES string of the molecule is CCCC(O)(CC)CC(O)CC.O=C(O)c1ccccc1.O=C(O)c1ccccc1. The van der Waals surface area contributed by atoms with Gasteiger partial charge >= 0.3 is 11.9 Å². The summed E-state index contributed by atoms with van der Waals surface area (Å²) in [7, 11) is 0. The molecule has 0 bridgehead atoms. The van der Waals surface area contributed by atoms with Crippen molar-refractivity contribution in [1.82, 2.24) is 0 Å². The van der Waals surface area contributed by atoms with Crippen molar-refractivity contribution < 1.29 is 30.0 Å². The number of carbonyl (C=O) groups is 2. The molecule has 0 radical (unpaired) electrons. The van der Waals surface area contributed by atoms with Gasteiger partial charge in [-0.3, -0.25) is 0 Å². The molecular weight excluding hydrogens is 384 g/mol. The number of rotatable bonds is 8. The average Bonchev–Trinajstić information content (AvgIpc) is 2.76. The highest BCUT2D eigenvalue weighted by molar-refractivity contribution is 5.87. The largest absolute Gasteiger partial charge is 0.478 e. The second kappa shape index (κ2) is 15.2. The third kappa shape index (κ3) is 12.0. The van der Waals surface area contributed by atoms with Crippen molar-refractivity contribution in [3.8, 4) is 0 Å². The van der Waals surface area contributed by atoms with Crippen molar-refractivity contribution in [2.45, 2.75) is 64.6 Å². The molecule has 30 heavy (non-hydrogen) atoms. The van der Waals surface area contributed by atoms with Gasteiger partial charge in [-0.2, -0.15) is 0 Å². The molecule has 0 fully saturated rings. The Morgan fingerprint density at radius 1 is 0.833 bits per heavy atom. The normalized spacial score (nSPS) is 12.8. The zero-order valence-corrected chi connectivity index (χ0v) is 18.0. The molecule has 0 heterocycles. The second-order valence-corrected chi connectivity index (χ2v) is 6.94. The van der Waals surface area contributed by atoms with Gasteiger partial charge in [-0.1, -0.05) is 63.6 Å². The molecule has 2 aromatic rings. The van der Waals surface area contributed by atoms with E-state index in [0.717, 1.165) is 25.7 Å². The first-order valence-electron chi connectivity index (χ1n) is 10.2. The third-order valence-electron chi connectivity index (χ3n) is 4.50. The number of aliphatic hydroxyl groups excluding tert-OH is 1. The van der Waals surface area contributed by atoms with Crippen LogP contribution in [0.2, 0.25) is 0 Å². The lowest BCUT2D eigenvalue weighted by atomic mass is 9.88. The summed E-state index contributed by atoms with van der Waals surface area (Å²) in [6.07, 6.45) is 3.40. The van der Waals surface area contributed by atoms with Crippen molar-refractivity contribution in [1.29, 1.82) is 0 Å². The Labute approximate surface area is 178 Å². The van der Waals surface area contributed by atoms with Crippen LogP contribution in [-0.4, -0.2) is 44.1 Å². The molecular formula is C24H34O6. The number of benzene rings is 2. The summed E-state index contributed by atoms with van der Waals surface area (Å²) in [6.45, 7) is 5.96. The molecule has 2 aromatic carbocycles. The third-order valence-corrected chi connectivity index (χ3v) is 4.50. The molecule has 2 rings (SSSR count). The molecule has 0 amide bonds. The molecule has 0 aliphatic rings. The van der Waals surface area contributed by atoms with Crippen LogP contribution in [0.15, 0.2) is 60.7 Å². The van der Waals surface area contributed by atoms with Gasteiger partial charge in [0, 0.05) is 6.42 Å². The van der Waals surface area contributed by atoms with Crippen LogP contribution >= 0.6 is 0 Å². The molecule has 0 spiro atoms. The van der Waals surface area contributed by atoms with E-state index in [2.05, 4.69) is 6.92 Å². The number of aromatic carboxylic acids is 2. The van der Waals surface area contributed by atoms with Gasteiger partial charge in [0.05, 0.1) is 22.8 Å². The maximum absolute atomic E-state index is 10.2. The lowest BCUT2D eigenvalue weighted by molar-refractivity contribution is -0.0215. The van der Waals surface area contributed by atoms with Crippen molar-refractivity contribution in [2.75, 3.05) is 0 Å². The fourth-order valence-corrected chi connectivity index (χ4v) is 2.63. The highest BCUT2D eigenvalue weighted by atomic mass is 16.4. The standard InChI is InChI=1S/C10H22O2.2C7H6O2/c1-4-7-10(12,6-3)8-9(11)5-2;2*8-7(9)6-4-2-1-3-5-6/h9,11-12H,4-8H2,1-3H3;2*1-5H,(H,8,9). The minimum atomic E-state index is -0.879. The maximum atomic E-state index is 10.2. The van der Waals surface area contributed by atoms with Crippen LogP contribution in [0.1, 0.15) is 73.6 Å². The molecule has 6 heteroatoms. The summed E-state index contributed by atoms with van der Waals surface area (Å²) in [6, 6.07) is 16.6. The lowest BCUT2D eigenvalue weighted by Gasteiger charge is -2.28. The van der Waals surface area contributed by atoms with Gasteiger partial charge in [0.1, 0.15) is 0 Å². The number of hydrogen-bond acceptors (Lipinski definition) is 4. The van der Waals surface area contributed by atoms with E-state index >= 15 is 0 Å². The predicted molar refractivity (Wildman–Crippen MR) is 118 cm³/mol. The number of carboxylic acid groups (broad SMARTS) is 2. The Balaban J connectivity index is 0.000000426. The van der Waals surface area contributed by atoms with Crippen LogP contribution in [0.5, 0.6) is 0 Å². The van der Waals surface area contributed by atoms with Gasteiger partial charge in [0.2, 0.25) is 0 Å². The van der Waals surface area contributed by atoms with E-state index in [4.69, 9.17) is 10.2 Å². The zero-order valence-electron chi connectivity index (χ0n) is 18.0. The monoisotopic (exact) mass is 418 g/mol. The van der Waals surface area contributed by atoms with Crippen LogP contribution in [-0.2, 0) is 0 Å². The van der Waals surface area contributed by atoms with E-state index in [1.165, 1.54) is 0 Å². The number of carboxylic acids is 2. The molecule has 0 saturated carbocycles. The summed E-state index contributed by atoms with van der Waals surface area (Å²) >= 11 is 0. The Morgan fingerprint density at radius 3 is 1.47 bits per heavy atom. The fraction of sp³-hybridized carbons (Fsp3) is 0.417. The molecule has 2 unspecified atom stereocenters.